The first-order valence-corrected chi connectivity index (χ1v) is 10.4. The number of hydrogen-bond donors (Lipinski definition) is 1. The molecule has 1 aliphatic carbocycles. The SMILES string of the molecule is CN1C(=O)C(NC(=O)CCC2CCCCC2)N=C(c2ccoc2)c2ccccc21. The topological polar surface area (TPSA) is 74.9 Å². The number of benzene rings is 1. The molecule has 29 heavy (non-hydrogen) atoms. The zero-order valence-corrected chi connectivity index (χ0v) is 16.8. The van der Waals surface area contributed by atoms with Crippen LogP contribution in [-0.4, -0.2) is 30.7 Å². The number of aliphatic imine (C=N–C) groups is 1. The van der Waals surface area contributed by atoms with Crippen LogP contribution in [0.3, 0.4) is 0 Å². The van der Waals surface area contributed by atoms with Gasteiger partial charge in [-0.3, -0.25) is 9.59 Å². The maximum Gasteiger partial charge on any atom is 0.272 e. The number of rotatable bonds is 5. The Morgan fingerprint density at radius 2 is 2.00 bits per heavy atom. The van der Waals surface area contributed by atoms with Crippen LogP contribution in [0.25, 0.3) is 0 Å². The first-order valence-electron chi connectivity index (χ1n) is 10.4. The van der Waals surface area contributed by atoms with Crippen LogP contribution in [0.1, 0.15) is 56.1 Å². The summed E-state index contributed by atoms with van der Waals surface area (Å²) in [6.45, 7) is 0. The van der Waals surface area contributed by atoms with Crippen molar-refractivity contribution in [1.29, 1.82) is 0 Å². The molecule has 2 aromatic rings. The Kier molecular flexibility index (Phi) is 5.79. The van der Waals surface area contributed by atoms with Crippen LogP contribution in [0.5, 0.6) is 0 Å². The van der Waals surface area contributed by atoms with Gasteiger partial charge in [0.2, 0.25) is 12.1 Å². The van der Waals surface area contributed by atoms with Gasteiger partial charge in [0, 0.05) is 24.6 Å². The fraction of sp³-hybridized carbons (Fsp3) is 0.435. The van der Waals surface area contributed by atoms with Gasteiger partial charge in [-0.15, -0.1) is 0 Å². The highest BCUT2D eigenvalue weighted by molar-refractivity contribution is 6.20. The van der Waals surface area contributed by atoms with E-state index in [1.165, 1.54) is 32.1 Å². The van der Waals surface area contributed by atoms with Crippen LogP contribution in [-0.2, 0) is 9.59 Å². The standard InChI is InChI=1S/C23H27N3O3/c1-26-19-10-6-5-9-18(19)21(17-13-14-29-15-17)25-22(23(26)28)24-20(27)12-11-16-7-3-2-4-8-16/h5-6,9-10,13-16,22H,2-4,7-8,11-12H2,1H3,(H,24,27). The number of nitrogens with zero attached hydrogens (tertiary/aromatic N) is 2. The van der Waals surface area contributed by atoms with E-state index in [0.717, 1.165) is 23.2 Å². The summed E-state index contributed by atoms with van der Waals surface area (Å²) < 4.78 is 5.23. The molecule has 1 aromatic heterocycles. The van der Waals surface area contributed by atoms with E-state index in [-0.39, 0.29) is 11.8 Å². The largest absolute Gasteiger partial charge is 0.472 e. The van der Waals surface area contributed by atoms with Crippen molar-refractivity contribution in [3.8, 4) is 0 Å². The second-order valence-corrected chi connectivity index (χ2v) is 7.92. The Labute approximate surface area is 171 Å². The Bertz CT molecular complexity index is 898. The van der Waals surface area contributed by atoms with Gasteiger partial charge in [0.05, 0.1) is 23.9 Å². The highest BCUT2D eigenvalue weighted by Crippen LogP contribution is 2.28. The molecule has 1 aromatic carbocycles. The third kappa shape index (κ3) is 4.26. The average Bonchev–Trinajstić information content (AvgIpc) is 3.26. The van der Waals surface area contributed by atoms with Crippen LogP contribution in [0.4, 0.5) is 5.69 Å². The van der Waals surface area contributed by atoms with E-state index < -0.39 is 6.17 Å². The lowest BCUT2D eigenvalue weighted by atomic mass is 9.86. The quantitative estimate of drug-likeness (QED) is 0.837. The minimum absolute atomic E-state index is 0.122. The van der Waals surface area contributed by atoms with Crippen molar-refractivity contribution in [2.75, 3.05) is 11.9 Å². The van der Waals surface area contributed by atoms with Crippen LogP contribution < -0.4 is 10.2 Å². The van der Waals surface area contributed by atoms with Gasteiger partial charge in [0.15, 0.2) is 0 Å². The second kappa shape index (κ2) is 8.64. The Balaban J connectivity index is 1.55. The van der Waals surface area contributed by atoms with Gasteiger partial charge in [-0.1, -0.05) is 50.3 Å². The average molecular weight is 393 g/mol. The molecule has 1 aliphatic heterocycles. The number of likely N-dealkylation sites (N-methyl/N-ethyl adjacent to an activating group) is 1. The monoisotopic (exact) mass is 393 g/mol. The van der Waals surface area contributed by atoms with Gasteiger partial charge in [-0.2, -0.15) is 0 Å². The fourth-order valence-electron chi connectivity index (χ4n) is 4.28. The Morgan fingerprint density at radius 1 is 1.21 bits per heavy atom. The Hall–Kier alpha value is -2.89. The first kappa shape index (κ1) is 19.4. The molecule has 1 fully saturated rings. The Morgan fingerprint density at radius 3 is 2.76 bits per heavy atom. The molecule has 1 saturated carbocycles. The molecule has 6 nitrogen and oxygen atoms in total. The smallest absolute Gasteiger partial charge is 0.272 e. The molecule has 1 N–H and O–H groups in total. The molecule has 1 unspecified atom stereocenters. The zero-order chi connectivity index (χ0) is 20.2. The number of carbonyl (C=O) groups is 2. The molecular weight excluding hydrogens is 366 g/mol. The summed E-state index contributed by atoms with van der Waals surface area (Å²) in [5.74, 6) is 0.252. The number of carbonyl (C=O) groups excluding carboxylic acids is 2. The van der Waals surface area contributed by atoms with E-state index in [0.29, 0.717) is 18.1 Å². The highest BCUT2D eigenvalue weighted by atomic mass is 16.3. The maximum absolute atomic E-state index is 13.0. The maximum atomic E-state index is 13.0. The minimum atomic E-state index is -0.948. The number of anilines is 1. The van der Waals surface area contributed by atoms with Crippen molar-refractivity contribution in [1.82, 2.24) is 5.32 Å². The molecule has 1 atom stereocenters. The van der Waals surface area contributed by atoms with E-state index in [1.54, 1.807) is 24.5 Å². The molecule has 0 spiro atoms. The van der Waals surface area contributed by atoms with E-state index in [9.17, 15) is 9.59 Å². The second-order valence-electron chi connectivity index (χ2n) is 7.92. The van der Waals surface area contributed by atoms with Crippen LogP contribution in [0.2, 0.25) is 0 Å². The molecule has 0 saturated heterocycles. The molecule has 0 radical (unpaired) electrons. The highest BCUT2D eigenvalue weighted by Gasteiger charge is 2.31. The van der Waals surface area contributed by atoms with Crippen molar-refractivity contribution in [3.63, 3.8) is 0 Å². The normalized spacial score (nSPS) is 20.0. The summed E-state index contributed by atoms with van der Waals surface area (Å²) >= 11 is 0. The van der Waals surface area contributed by atoms with Gasteiger partial charge < -0.3 is 14.6 Å². The fourth-order valence-corrected chi connectivity index (χ4v) is 4.28. The molecular formula is C23H27N3O3. The predicted octanol–water partition coefficient (Wildman–Crippen LogP) is 3.90. The summed E-state index contributed by atoms with van der Waals surface area (Å²) in [6, 6.07) is 9.43. The van der Waals surface area contributed by atoms with Gasteiger partial charge >= 0.3 is 0 Å². The van der Waals surface area contributed by atoms with E-state index in [4.69, 9.17) is 4.42 Å². The van der Waals surface area contributed by atoms with E-state index in [1.807, 2.05) is 30.3 Å². The number of benzodiazepines with no additional fused rings is 1. The lowest BCUT2D eigenvalue weighted by Crippen LogP contribution is -2.46. The molecule has 2 aliphatic rings. The van der Waals surface area contributed by atoms with Gasteiger partial charge in [0.25, 0.3) is 5.91 Å². The molecule has 2 amide bonds. The summed E-state index contributed by atoms with van der Waals surface area (Å²) in [4.78, 5) is 31.9. The van der Waals surface area contributed by atoms with Crippen molar-refractivity contribution < 1.29 is 14.0 Å². The lowest BCUT2D eigenvalue weighted by Gasteiger charge is -2.22. The van der Waals surface area contributed by atoms with E-state index in [2.05, 4.69) is 10.3 Å². The third-order valence-electron chi connectivity index (χ3n) is 5.94. The zero-order valence-electron chi connectivity index (χ0n) is 16.8. The summed E-state index contributed by atoms with van der Waals surface area (Å²) in [5.41, 5.74) is 3.02. The molecule has 2 heterocycles. The summed E-state index contributed by atoms with van der Waals surface area (Å²) in [6.07, 6.45) is 9.77. The predicted molar refractivity (Wildman–Crippen MR) is 112 cm³/mol. The van der Waals surface area contributed by atoms with Gasteiger partial charge in [0.1, 0.15) is 0 Å². The van der Waals surface area contributed by atoms with Gasteiger partial charge in [-0.25, -0.2) is 4.99 Å². The van der Waals surface area contributed by atoms with Crippen LogP contribution in [0.15, 0.2) is 52.3 Å². The van der Waals surface area contributed by atoms with Crippen molar-refractivity contribution >= 4 is 23.2 Å². The first-order chi connectivity index (χ1) is 14.1. The summed E-state index contributed by atoms with van der Waals surface area (Å²) in [7, 11) is 1.72. The van der Waals surface area contributed by atoms with Crippen LogP contribution >= 0.6 is 0 Å². The molecule has 4 rings (SSSR count). The minimum Gasteiger partial charge on any atom is -0.472 e. The van der Waals surface area contributed by atoms with Crippen LogP contribution in [0, 0.1) is 5.92 Å². The van der Waals surface area contributed by atoms with Crippen molar-refractivity contribution in [2.24, 2.45) is 10.9 Å². The van der Waals surface area contributed by atoms with Crippen molar-refractivity contribution in [3.05, 3.63) is 54.0 Å². The van der Waals surface area contributed by atoms with E-state index >= 15 is 0 Å². The number of nitrogens with one attached hydrogen (secondary N) is 1. The number of para-hydroxylation sites is 1. The molecule has 152 valence electrons. The summed E-state index contributed by atoms with van der Waals surface area (Å²) in [5, 5.41) is 2.86. The molecule has 6 heteroatoms. The lowest BCUT2D eigenvalue weighted by molar-refractivity contribution is -0.127. The number of fused-ring (bicyclic) bond motifs is 1. The number of hydrogen-bond acceptors (Lipinski definition) is 4. The molecule has 0 bridgehead atoms. The van der Waals surface area contributed by atoms with Gasteiger partial charge in [-0.05, 0) is 24.5 Å². The number of furan rings is 1. The van der Waals surface area contributed by atoms with Crippen molar-refractivity contribution in [2.45, 2.75) is 51.1 Å². The third-order valence-corrected chi connectivity index (χ3v) is 5.94. The number of amides is 2.